The van der Waals surface area contributed by atoms with Gasteiger partial charge < -0.3 is 5.11 Å². The molecule has 1 aliphatic heterocycles. The number of benzene rings is 3. The summed E-state index contributed by atoms with van der Waals surface area (Å²) >= 11 is 0. The van der Waals surface area contributed by atoms with Gasteiger partial charge in [-0.25, -0.2) is 0 Å². The molecule has 1 fully saturated rings. The number of nitrogens with zero attached hydrogens (tertiary/aromatic N) is 1. The van der Waals surface area contributed by atoms with Gasteiger partial charge in [0.05, 0.1) is 12.1 Å². The highest BCUT2D eigenvalue weighted by Gasteiger charge is 2.43. The van der Waals surface area contributed by atoms with Gasteiger partial charge in [0, 0.05) is 12.6 Å². The van der Waals surface area contributed by atoms with E-state index in [0.29, 0.717) is 6.04 Å². The summed E-state index contributed by atoms with van der Waals surface area (Å²) in [6.07, 6.45) is -0.438. The molecule has 4 atom stereocenters. The predicted molar refractivity (Wildman–Crippen MR) is 94.3 cm³/mol. The van der Waals surface area contributed by atoms with Crippen LogP contribution in [0.2, 0.25) is 0 Å². The monoisotopic (exact) mass is 303 g/mol. The molecule has 0 aliphatic carbocycles. The molecule has 0 saturated carbocycles. The number of hydrogen-bond acceptors (Lipinski definition) is 2. The molecule has 0 aromatic heterocycles. The van der Waals surface area contributed by atoms with Gasteiger partial charge in [-0.3, -0.25) is 4.90 Å². The molecular formula is C21H21NO. The summed E-state index contributed by atoms with van der Waals surface area (Å²) in [5.74, 6) is 0. The molecule has 1 N–H and O–H groups in total. The van der Waals surface area contributed by atoms with E-state index in [0.717, 1.165) is 17.5 Å². The number of fused-ring (bicyclic) bond motifs is 1. The number of rotatable bonds is 4. The van der Waals surface area contributed by atoms with E-state index in [1.54, 1.807) is 0 Å². The molecule has 1 aliphatic rings. The van der Waals surface area contributed by atoms with Crippen LogP contribution in [0.3, 0.4) is 0 Å². The highest BCUT2D eigenvalue weighted by Crippen LogP contribution is 2.40. The summed E-state index contributed by atoms with van der Waals surface area (Å²) in [5.41, 5.74) is 2.34. The first-order valence-corrected chi connectivity index (χ1v) is 8.22. The second-order valence-electron chi connectivity index (χ2n) is 6.36. The molecule has 1 heterocycles. The average Bonchev–Trinajstić information content (AvgIpc) is 3.41. The van der Waals surface area contributed by atoms with Crippen molar-refractivity contribution in [1.82, 2.24) is 4.90 Å². The van der Waals surface area contributed by atoms with Crippen molar-refractivity contribution >= 4 is 10.8 Å². The van der Waals surface area contributed by atoms with Crippen LogP contribution in [0.4, 0.5) is 0 Å². The highest BCUT2D eigenvalue weighted by atomic mass is 16.3. The quantitative estimate of drug-likeness (QED) is 0.726. The van der Waals surface area contributed by atoms with Crippen LogP contribution in [-0.4, -0.2) is 22.6 Å². The van der Waals surface area contributed by atoms with Gasteiger partial charge in [-0.2, -0.15) is 0 Å². The van der Waals surface area contributed by atoms with E-state index < -0.39 is 6.10 Å². The van der Waals surface area contributed by atoms with E-state index in [-0.39, 0.29) is 6.04 Å². The molecular weight excluding hydrogens is 282 g/mol. The van der Waals surface area contributed by atoms with Crippen LogP contribution >= 0.6 is 0 Å². The zero-order valence-corrected chi connectivity index (χ0v) is 13.3. The number of hydrogen-bond donors (Lipinski definition) is 1. The molecule has 0 amide bonds. The van der Waals surface area contributed by atoms with Gasteiger partial charge in [-0.05, 0) is 28.8 Å². The standard InChI is InChI=1S/C21H21NO/c1-15(16-8-3-2-4-9-16)22-14-20(22)21(23)19-13-7-11-17-10-5-6-12-18(17)19/h2-13,15,20-21,23H,14H2,1H3/t15-,20+,21+,22?/m1/s1. The molecule has 23 heavy (non-hydrogen) atoms. The summed E-state index contributed by atoms with van der Waals surface area (Å²) in [7, 11) is 0. The smallest absolute Gasteiger partial charge is 0.0963 e. The van der Waals surface area contributed by atoms with E-state index in [1.165, 1.54) is 10.9 Å². The lowest BCUT2D eigenvalue weighted by molar-refractivity contribution is 0.152. The summed E-state index contributed by atoms with van der Waals surface area (Å²) in [5, 5.41) is 13.2. The lowest BCUT2D eigenvalue weighted by atomic mass is 9.98. The minimum Gasteiger partial charge on any atom is -0.387 e. The molecule has 4 rings (SSSR count). The first kappa shape index (κ1) is 14.4. The fraction of sp³-hybridized carbons (Fsp3) is 0.238. The Hall–Kier alpha value is -2.16. The molecule has 0 radical (unpaired) electrons. The van der Waals surface area contributed by atoms with Gasteiger partial charge in [0.15, 0.2) is 0 Å². The zero-order valence-electron chi connectivity index (χ0n) is 13.3. The largest absolute Gasteiger partial charge is 0.387 e. The van der Waals surface area contributed by atoms with E-state index in [1.807, 2.05) is 24.3 Å². The number of aliphatic hydroxyl groups is 1. The summed E-state index contributed by atoms with van der Waals surface area (Å²) in [6.45, 7) is 3.16. The van der Waals surface area contributed by atoms with Crippen molar-refractivity contribution in [3.8, 4) is 0 Å². The van der Waals surface area contributed by atoms with Crippen molar-refractivity contribution < 1.29 is 5.11 Å². The predicted octanol–water partition coefficient (Wildman–Crippen LogP) is 4.32. The van der Waals surface area contributed by atoms with Crippen molar-refractivity contribution in [3.63, 3.8) is 0 Å². The van der Waals surface area contributed by atoms with E-state index in [4.69, 9.17) is 0 Å². The van der Waals surface area contributed by atoms with E-state index in [2.05, 4.69) is 60.4 Å². The van der Waals surface area contributed by atoms with Gasteiger partial charge in [-0.1, -0.05) is 72.8 Å². The first-order chi connectivity index (χ1) is 11.3. The van der Waals surface area contributed by atoms with Crippen molar-refractivity contribution in [3.05, 3.63) is 83.9 Å². The van der Waals surface area contributed by atoms with Crippen molar-refractivity contribution in [1.29, 1.82) is 0 Å². The van der Waals surface area contributed by atoms with Crippen LogP contribution in [0.15, 0.2) is 72.8 Å². The van der Waals surface area contributed by atoms with Crippen LogP contribution in [-0.2, 0) is 0 Å². The van der Waals surface area contributed by atoms with Gasteiger partial charge in [0.25, 0.3) is 0 Å². The second-order valence-corrected chi connectivity index (χ2v) is 6.36. The van der Waals surface area contributed by atoms with Gasteiger partial charge in [0.1, 0.15) is 0 Å². The van der Waals surface area contributed by atoms with Gasteiger partial charge >= 0.3 is 0 Å². The third kappa shape index (κ3) is 2.65. The Kier molecular flexibility index (Phi) is 3.64. The van der Waals surface area contributed by atoms with Crippen molar-refractivity contribution in [2.75, 3.05) is 6.54 Å². The lowest BCUT2D eigenvalue weighted by Crippen LogP contribution is -2.14. The summed E-state index contributed by atoms with van der Waals surface area (Å²) in [4.78, 5) is 2.36. The Morgan fingerprint density at radius 3 is 2.43 bits per heavy atom. The lowest BCUT2D eigenvalue weighted by Gasteiger charge is -2.18. The summed E-state index contributed by atoms with van der Waals surface area (Å²) in [6, 6.07) is 25.5. The van der Waals surface area contributed by atoms with Crippen molar-refractivity contribution in [2.45, 2.75) is 25.1 Å². The minimum absolute atomic E-state index is 0.205. The summed E-state index contributed by atoms with van der Waals surface area (Å²) < 4.78 is 0. The highest BCUT2D eigenvalue weighted by molar-refractivity contribution is 5.86. The first-order valence-electron chi connectivity index (χ1n) is 8.22. The van der Waals surface area contributed by atoms with Crippen molar-refractivity contribution in [2.24, 2.45) is 0 Å². The van der Waals surface area contributed by atoms with Crippen LogP contribution in [0.25, 0.3) is 10.8 Å². The topological polar surface area (TPSA) is 23.2 Å². The molecule has 3 aromatic carbocycles. The molecule has 2 heteroatoms. The Bertz CT molecular complexity index is 809. The molecule has 0 bridgehead atoms. The molecule has 1 saturated heterocycles. The Morgan fingerprint density at radius 2 is 1.61 bits per heavy atom. The fourth-order valence-electron chi connectivity index (χ4n) is 3.53. The Balaban J connectivity index is 1.58. The normalized spacial score (nSPS) is 22.7. The molecule has 2 nitrogen and oxygen atoms in total. The molecule has 0 spiro atoms. The Labute approximate surface area is 137 Å². The number of aliphatic hydroxyl groups excluding tert-OH is 1. The van der Waals surface area contributed by atoms with Crippen LogP contribution in [0.5, 0.6) is 0 Å². The molecule has 3 aromatic rings. The minimum atomic E-state index is -0.438. The third-order valence-corrected chi connectivity index (χ3v) is 4.98. The maximum Gasteiger partial charge on any atom is 0.0963 e. The molecule has 1 unspecified atom stereocenters. The van der Waals surface area contributed by atoms with E-state index in [9.17, 15) is 5.11 Å². The maximum atomic E-state index is 10.9. The Morgan fingerprint density at radius 1 is 0.913 bits per heavy atom. The maximum absolute atomic E-state index is 10.9. The van der Waals surface area contributed by atoms with Gasteiger partial charge in [0.2, 0.25) is 0 Å². The average molecular weight is 303 g/mol. The van der Waals surface area contributed by atoms with Gasteiger partial charge in [-0.15, -0.1) is 0 Å². The van der Waals surface area contributed by atoms with Crippen LogP contribution < -0.4 is 0 Å². The van der Waals surface area contributed by atoms with E-state index >= 15 is 0 Å². The molecule has 116 valence electrons. The zero-order chi connectivity index (χ0) is 15.8. The van der Waals surface area contributed by atoms with Crippen LogP contribution in [0, 0.1) is 0 Å². The van der Waals surface area contributed by atoms with Crippen LogP contribution in [0.1, 0.15) is 30.2 Å². The SMILES string of the molecule is C[C@H](c1ccccc1)N1C[C@H]1[C@@H](O)c1cccc2ccccc12. The third-order valence-electron chi connectivity index (χ3n) is 4.98. The second kappa shape index (κ2) is 5.80. The fourth-order valence-corrected chi connectivity index (χ4v) is 3.53.